The monoisotopic (exact) mass is 379 g/mol. The molecule has 1 heterocycles. The molecule has 2 aromatic carbocycles. The summed E-state index contributed by atoms with van der Waals surface area (Å²) in [6.45, 7) is 2.56. The Balaban J connectivity index is 1.48. The van der Waals surface area contributed by atoms with Crippen molar-refractivity contribution in [2.45, 2.75) is 18.4 Å². The summed E-state index contributed by atoms with van der Waals surface area (Å²) in [5.41, 5.74) is 2.70. The zero-order valence-electron chi connectivity index (χ0n) is 15.1. The van der Waals surface area contributed by atoms with Crippen LogP contribution in [0.2, 0.25) is 0 Å². The fraction of sp³-hybridized carbons (Fsp3) is 0.190. The van der Waals surface area contributed by atoms with Crippen LogP contribution in [0, 0.1) is 0 Å². The highest BCUT2D eigenvalue weighted by atomic mass is 32.2. The Hall–Kier alpha value is -2.86. The molecule has 1 N–H and O–H groups in total. The minimum atomic E-state index is -0.0241. The number of thioether (sulfide) groups is 1. The van der Waals surface area contributed by atoms with Gasteiger partial charge in [-0.1, -0.05) is 30.3 Å². The summed E-state index contributed by atoms with van der Waals surface area (Å²) in [6.07, 6.45) is 1.97. The second kappa shape index (κ2) is 9.73. The average Bonchev–Trinajstić information content (AvgIpc) is 2.71. The molecule has 0 unspecified atom stereocenters. The summed E-state index contributed by atoms with van der Waals surface area (Å²) in [5.74, 6) is 1.42. The summed E-state index contributed by atoms with van der Waals surface area (Å²) < 4.78 is 5.39. The van der Waals surface area contributed by atoms with E-state index in [0.29, 0.717) is 18.8 Å². The number of aromatic nitrogens is 2. The number of benzene rings is 2. The van der Waals surface area contributed by atoms with Gasteiger partial charge in [0.25, 0.3) is 0 Å². The molecule has 6 heteroatoms. The number of amides is 1. The Labute approximate surface area is 163 Å². The lowest BCUT2D eigenvalue weighted by Crippen LogP contribution is -2.12. The second-order valence-electron chi connectivity index (χ2n) is 5.71. The van der Waals surface area contributed by atoms with Crippen LogP contribution < -0.4 is 10.1 Å². The summed E-state index contributed by atoms with van der Waals surface area (Å²) in [7, 11) is 0. The number of ether oxygens (including phenoxy) is 1. The van der Waals surface area contributed by atoms with Gasteiger partial charge in [0.15, 0.2) is 0 Å². The van der Waals surface area contributed by atoms with Gasteiger partial charge < -0.3 is 10.1 Å². The number of carbonyl (C=O) groups excluding carboxylic acids is 1. The minimum absolute atomic E-state index is 0.0241. The van der Waals surface area contributed by atoms with Gasteiger partial charge in [0.2, 0.25) is 5.91 Å². The van der Waals surface area contributed by atoms with Crippen molar-refractivity contribution in [2.24, 2.45) is 0 Å². The maximum absolute atomic E-state index is 12.1. The standard InChI is InChI=1S/C21H21N3O2S/c1-2-26-18-10-8-17(9-11-18)24-20(25)12-13-27-21-14-19(22-15-23-21)16-6-4-3-5-7-16/h3-11,14-15H,2,12-13H2,1H3,(H,24,25). The number of hydrogen-bond acceptors (Lipinski definition) is 5. The lowest BCUT2D eigenvalue weighted by atomic mass is 10.1. The highest BCUT2D eigenvalue weighted by Gasteiger charge is 2.06. The lowest BCUT2D eigenvalue weighted by Gasteiger charge is -2.07. The molecule has 3 rings (SSSR count). The number of anilines is 1. The van der Waals surface area contributed by atoms with Crippen molar-refractivity contribution in [2.75, 3.05) is 17.7 Å². The van der Waals surface area contributed by atoms with Gasteiger partial charge in [0.1, 0.15) is 12.1 Å². The third kappa shape index (κ3) is 5.82. The number of rotatable bonds is 8. The van der Waals surface area contributed by atoms with Gasteiger partial charge >= 0.3 is 0 Å². The molecule has 0 saturated heterocycles. The number of hydrogen-bond donors (Lipinski definition) is 1. The first-order valence-electron chi connectivity index (χ1n) is 8.77. The first-order valence-corrected chi connectivity index (χ1v) is 9.76. The molecule has 0 bridgehead atoms. The van der Waals surface area contributed by atoms with Crippen molar-refractivity contribution in [3.63, 3.8) is 0 Å². The molecule has 0 aliphatic heterocycles. The molecule has 0 aliphatic carbocycles. The molecular formula is C21H21N3O2S. The first kappa shape index (κ1) is 18.9. The highest BCUT2D eigenvalue weighted by Crippen LogP contribution is 2.22. The first-order chi connectivity index (χ1) is 13.2. The van der Waals surface area contributed by atoms with E-state index >= 15 is 0 Å². The van der Waals surface area contributed by atoms with Crippen LogP contribution in [0.25, 0.3) is 11.3 Å². The normalized spacial score (nSPS) is 10.4. The van der Waals surface area contributed by atoms with E-state index in [-0.39, 0.29) is 5.91 Å². The fourth-order valence-corrected chi connectivity index (χ4v) is 3.27. The van der Waals surface area contributed by atoms with Crippen LogP contribution in [0.15, 0.2) is 72.0 Å². The highest BCUT2D eigenvalue weighted by molar-refractivity contribution is 7.99. The zero-order chi connectivity index (χ0) is 18.9. The maximum Gasteiger partial charge on any atom is 0.225 e. The Morgan fingerprint density at radius 3 is 2.59 bits per heavy atom. The molecule has 0 radical (unpaired) electrons. The summed E-state index contributed by atoms with van der Waals surface area (Å²) in [5, 5.41) is 3.75. The Kier molecular flexibility index (Phi) is 6.82. The topological polar surface area (TPSA) is 64.1 Å². The quantitative estimate of drug-likeness (QED) is 0.455. The van der Waals surface area contributed by atoms with Crippen molar-refractivity contribution in [3.8, 4) is 17.0 Å². The van der Waals surface area contributed by atoms with E-state index < -0.39 is 0 Å². The van der Waals surface area contributed by atoms with Crippen molar-refractivity contribution in [1.29, 1.82) is 0 Å². The molecule has 0 aliphatic rings. The van der Waals surface area contributed by atoms with Gasteiger partial charge in [0.05, 0.1) is 17.3 Å². The van der Waals surface area contributed by atoms with Crippen LogP contribution in [0.1, 0.15) is 13.3 Å². The van der Waals surface area contributed by atoms with Crippen molar-refractivity contribution in [3.05, 3.63) is 67.0 Å². The Morgan fingerprint density at radius 1 is 1.07 bits per heavy atom. The zero-order valence-corrected chi connectivity index (χ0v) is 15.9. The SMILES string of the molecule is CCOc1ccc(NC(=O)CCSc2cc(-c3ccccc3)ncn2)cc1. The summed E-state index contributed by atoms with van der Waals surface area (Å²) >= 11 is 1.55. The van der Waals surface area contributed by atoms with Crippen molar-refractivity contribution < 1.29 is 9.53 Å². The predicted molar refractivity (Wildman–Crippen MR) is 109 cm³/mol. The van der Waals surface area contributed by atoms with Gasteiger partial charge in [-0.25, -0.2) is 9.97 Å². The van der Waals surface area contributed by atoms with Crippen LogP contribution >= 0.6 is 11.8 Å². The second-order valence-corrected chi connectivity index (χ2v) is 6.83. The molecule has 1 aromatic heterocycles. The van der Waals surface area contributed by atoms with Crippen LogP contribution in [0.5, 0.6) is 5.75 Å². The maximum atomic E-state index is 12.1. The largest absolute Gasteiger partial charge is 0.494 e. The third-order valence-corrected chi connectivity index (χ3v) is 4.67. The van der Waals surface area contributed by atoms with Crippen molar-refractivity contribution in [1.82, 2.24) is 9.97 Å². The van der Waals surface area contributed by atoms with E-state index in [1.165, 1.54) is 0 Å². The van der Waals surface area contributed by atoms with Gasteiger partial charge in [-0.2, -0.15) is 0 Å². The molecule has 0 fully saturated rings. The summed E-state index contributed by atoms with van der Waals surface area (Å²) in [4.78, 5) is 20.7. The molecule has 0 saturated carbocycles. The van der Waals surface area contributed by atoms with Crippen LogP contribution in [-0.4, -0.2) is 28.2 Å². The smallest absolute Gasteiger partial charge is 0.225 e. The third-order valence-electron chi connectivity index (χ3n) is 3.74. The van der Waals surface area contributed by atoms with Gasteiger partial charge in [-0.15, -0.1) is 11.8 Å². The molecule has 0 spiro atoms. The Bertz CT molecular complexity index is 870. The van der Waals surface area contributed by atoms with Gasteiger partial charge in [0, 0.05) is 23.4 Å². The van der Waals surface area contributed by atoms with Crippen LogP contribution in [-0.2, 0) is 4.79 Å². The van der Waals surface area contributed by atoms with E-state index in [2.05, 4.69) is 15.3 Å². The molecular weight excluding hydrogens is 358 g/mol. The predicted octanol–water partition coefficient (Wildman–Crippen LogP) is 4.66. The van der Waals surface area contributed by atoms with E-state index in [1.54, 1.807) is 18.1 Å². The van der Waals surface area contributed by atoms with Crippen LogP contribution in [0.3, 0.4) is 0 Å². The molecule has 138 valence electrons. The molecule has 3 aromatic rings. The van der Waals surface area contributed by atoms with Gasteiger partial charge in [-0.3, -0.25) is 4.79 Å². The summed E-state index contributed by atoms with van der Waals surface area (Å²) in [6, 6.07) is 19.3. The fourth-order valence-electron chi connectivity index (χ4n) is 2.46. The molecule has 5 nitrogen and oxygen atoms in total. The van der Waals surface area contributed by atoms with E-state index in [4.69, 9.17) is 4.74 Å². The molecule has 1 amide bonds. The number of nitrogens with zero attached hydrogens (tertiary/aromatic N) is 2. The van der Waals surface area contributed by atoms with E-state index in [9.17, 15) is 4.79 Å². The van der Waals surface area contributed by atoms with E-state index in [0.717, 1.165) is 27.7 Å². The number of nitrogens with one attached hydrogen (secondary N) is 1. The Morgan fingerprint density at radius 2 is 1.85 bits per heavy atom. The van der Waals surface area contributed by atoms with Gasteiger partial charge in [-0.05, 0) is 37.3 Å². The molecule has 27 heavy (non-hydrogen) atoms. The van der Waals surface area contributed by atoms with Crippen molar-refractivity contribution >= 4 is 23.4 Å². The lowest BCUT2D eigenvalue weighted by molar-refractivity contribution is -0.115. The average molecular weight is 379 g/mol. The molecule has 0 atom stereocenters. The van der Waals surface area contributed by atoms with E-state index in [1.807, 2.05) is 67.6 Å². The number of carbonyl (C=O) groups is 1. The van der Waals surface area contributed by atoms with Crippen LogP contribution in [0.4, 0.5) is 5.69 Å². The minimum Gasteiger partial charge on any atom is -0.494 e.